The molecule has 3 atom stereocenters. The van der Waals surface area contributed by atoms with E-state index >= 15 is 0 Å². The number of piperidine rings is 1. The van der Waals surface area contributed by atoms with Crippen molar-refractivity contribution >= 4 is 34.1 Å². The van der Waals surface area contributed by atoms with Gasteiger partial charge in [0.25, 0.3) is 5.91 Å². The van der Waals surface area contributed by atoms with E-state index in [4.69, 9.17) is 12.2 Å². The number of H-pyrrole nitrogens is 1. The molecule has 5 nitrogen and oxygen atoms in total. The van der Waals surface area contributed by atoms with Gasteiger partial charge >= 0.3 is 0 Å². The summed E-state index contributed by atoms with van der Waals surface area (Å²) in [6, 6.07) is 16.3. The van der Waals surface area contributed by atoms with Gasteiger partial charge in [-0.05, 0) is 67.4 Å². The molecule has 0 saturated carbocycles. The second kappa shape index (κ2) is 7.85. The first-order valence-electron chi connectivity index (χ1n) is 10.5. The number of likely N-dealkylation sites (N-methyl/N-ethyl adjacent to an activating group) is 1. The molecule has 0 unspecified atom stereocenters. The van der Waals surface area contributed by atoms with Crippen molar-refractivity contribution in [1.29, 1.82) is 0 Å². The Kier molecular flexibility index (Phi) is 5.05. The minimum absolute atomic E-state index is 0.173. The number of amides is 1. The number of fused-ring (bicyclic) bond motifs is 2. The Hall–Kier alpha value is -2.70. The predicted octanol–water partition coefficient (Wildman–Crippen LogP) is 3.43. The summed E-state index contributed by atoms with van der Waals surface area (Å²) in [5.74, 6) is 0.821. The monoisotopic (exact) mass is 418 g/mol. The highest BCUT2D eigenvalue weighted by Gasteiger charge is 2.39. The Balaban J connectivity index is 1.25. The minimum atomic E-state index is -0.173. The zero-order chi connectivity index (χ0) is 20.7. The number of rotatable bonds is 3. The van der Waals surface area contributed by atoms with Crippen molar-refractivity contribution in [2.75, 3.05) is 20.1 Å². The fourth-order valence-corrected chi connectivity index (χ4v) is 5.42. The number of hydrogen-bond donors (Lipinski definition) is 3. The molecule has 3 aromatic rings. The van der Waals surface area contributed by atoms with Crippen LogP contribution in [0.2, 0.25) is 0 Å². The molecule has 1 saturated heterocycles. The van der Waals surface area contributed by atoms with Crippen molar-refractivity contribution in [3.05, 3.63) is 71.4 Å². The van der Waals surface area contributed by atoms with E-state index in [2.05, 4.69) is 52.0 Å². The van der Waals surface area contributed by atoms with Crippen molar-refractivity contribution in [2.45, 2.75) is 24.8 Å². The largest absolute Gasteiger partial charge is 0.362 e. The second-order valence-electron chi connectivity index (χ2n) is 8.53. The molecule has 2 heterocycles. The second-order valence-corrected chi connectivity index (χ2v) is 8.94. The van der Waals surface area contributed by atoms with Crippen LogP contribution in [0.15, 0.2) is 54.7 Å². The highest BCUT2D eigenvalue weighted by atomic mass is 32.1. The average Bonchev–Trinajstić information content (AvgIpc) is 3.18. The van der Waals surface area contributed by atoms with E-state index in [1.807, 2.05) is 18.2 Å². The molecule has 0 bridgehead atoms. The highest BCUT2D eigenvalue weighted by Crippen LogP contribution is 2.44. The summed E-state index contributed by atoms with van der Waals surface area (Å²) in [7, 11) is 2.23. The molecular formula is C24H26N4OS. The maximum atomic E-state index is 12.3. The Labute approximate surface area is 181 Å². The quantitative estimate of drug-likeness (QED) is 0.571. The van der Waals surface area contributed by atoms with Crippen LogP contribution < -0.4 is 10.6 Å². The maximum absolute atomic E-state index is 12.3. The third-order valence-corrected chi connectivity index (χ3v) is 6.87. The predicted molar refractivity (Wildman–Crippen MR) is 124 cm³/mol. The van der Waals surface area contributed by atoms with Crippen LogP contribution in [0.25, 0.3) is 10.9 Å². The normalized spacial score (nSPS) is 23.0. The lowest BCUT2D eigenvalue weighted by Gasteiger charge is -2.45. The average molecular weight is 419 g/mol. The zero-order valence-corrected chi connectivity index (χ0v) is 17.8. The van der Waals surface area contributed by atoms with E-state index in [-0.39, 0.29) is 5.91 Å². The van der Waals surface area contributed by atoms with Gasteiger partial charge in [0, 0.05) is 47.7 Å². The van der Waals surface area contributed by atoms with Crippen molar-refractivity contribution in [1.82, 2.24) is 20.5 Å². The van der Waals surface area contributed by atoms with E-state index in [1.165, 1.54) is 22.0 Å². The molecular weight excluding hydrogens is 392 g/mol. The molecule has 5 rings (SSSR count). The fraction of sp³-hybridized carbons (Fsp3) is 0.333. The van der Waals surface area contributed by atoms with Crippen LogP contribution in [0, 0.1) is 5.92 Å². The van der Waals surface area contributed by atoms with Gasteiger partial charge in [0.05, 0.1) is 0 Å². The van der Waals surface area contributed by atoms with E-state index in [0.29, 0.717) is 28.6 Å². The van der Waals surface area contributed by atoms with Gasteiger partial charge in [0.2, 0.25) is 0 Å². The van der Waals surface area contributed by atoms with Crippen LogP contribution in [0.4, 0.5) is 0 Å². The smallest absolute Gasteiger partial charge is 0.257 e. The first kappa shape index (κ1) is 19.3. The Morgan fingerprint density at radius 2 is 2.03 bits per heavy atom. The van der Waals surface area contributed by atoms with Crippen molar-refractivity contribution < 1.29 is 4.79 Å². The van der Waals surface area contributed by atoms with Gasteiger partial charge in [-0.3, -0.25) is 10.1 Å². The first-order chi connectivity index (χ1) is 14.6. The lowest BCUT2D eigenvalue weighted by Crippen LogP contribution is -2.51. The topological polar surface area (TPSA) is 60.2 Å². The number of carbonyl (C=O) groups is 1. The standard InChI is InChI=1S/C24H26N4OS/c1-28-14-15(12-26-24(30)27-23(29)16-6-3-2-4-7-16)10-19-18-8-5-9-20-22(18)17(13-25-20)11-21(19)28/h2-9,13,15,19,21,25H,10-12,14H2,1H3,(H2,26,27,29,30)/t15-,19-,21-/m1/s1. The lowest BCUT2D eigenvalue weighted by atomic mass is 9.72. The number of aromatic amines is 1. The van der Waals surface area contributed by atoms with Crippen LogP contribution in [0.1, 0.15) is 33.8 Å². The number of thiocarbonyl (C=S) groups is 1. The molecule has 154 valence electrons. The highest BCUT2D eigenvalue weighted by molar-refractivity contribution is 7.80. The maximum Gasteiger partial charge on any atom is 0.257 e. The molecule has 30 heavy (non-hydrogen) atoms. The SMILES string of the molecule is CN1C[C@@H](CNC(=S)NC(=O)c2ccccc2)C[C@@H]2c3cccc4[nH]cc(c34)C[C@H]21. The summed E-state index contributed by atoms with van der Waals surface area (Å²) in [5.41, 5.74) is 4.76. The number of nitrogens with one attached hydrogen (secondary N) is 3. The third-order valence-electron chi connectivity index (χ3n) is 6.63. The number of aromatic nitrogens is 1. The van der Waals surface area contributed by atoms with Gasteiger partial charge in [-0.15, -0.1) is 0 Å². The van der Waals surface area contributed by atoms with Gasteiger partial charge in [-0.25, -0.2) is 0 Å². The number of nitrogens with zero attached hydrogens (tertiary/aromatic N) is 1. The van der Waals surface area contributed by atoms with Crippen LogP contribution in [-0.2, 0) is 6.42 Å². The molecule has 1 aliphatic carbocycles. The molecule has 1 amide bonds. The number of carbonyl (C=O) groups excluding carboxylic acids is 1. The fourth-order valence-electron chi connectivity index (χ4n) is 5.25. The number of likely N-dealkylation sites (tertiary alicyclic amines) is 1. The molecule has 0 spiro atoms. The van der Waals surface area contributed by atoms with E-state index in [1.54, 1.807) is 12.1 Å². The van der Waals surface area contributed by atoms with Gasteiger partial charge in [0.15, 0.2) is 5.11 Å². The number of hydrogen-bond acceptors (Lipinski definition) is 3. The molecule has 2 aromatic carbocycles. The van der Waals surface area contributed by atoms with Crippen LogP contribution in [-0.4, -0.2) is 47.1 Å². The summed E-state index contributed by atoms with van der Waals surface area (Å²) in [4.78, 5) is 18.2. The Bertz CT molecular complexity index is 1090. The zero-order valence-electron chi connectivity index (χ0n) is 17.0. The molecule has 0 radical (unpaired) electrons. The summed E-state index contributed by atoms with van der Waals surface area (Å²) >= 11 is 5.37. The van der Waals surface area contributed by atoms with Gasteiger partial charge < -0.3 is 15.2 Å². The number of benzene rings is 2. The Morgan fingerprint density at radius 1 is 1.20 bits per heavy atom. The van der Waals surface area contributed by atoms with E-state index in [9.17, 15) is 4.79 Å². The summed E-state index contributed by atoms with van der Waals surface area (Å²) in [6.07, 6.45) is 4.41. The minimum Gasteiger partial charge on any atom is -0.362 e. The van der Waals surface area contributed by atoms with Crippen LogP contribution in [0.5, 0.6) is 0 Å². The van der Waals surface area contributed by atoms with Gasteiger partial charge in [-0.1, -0.05) is 30.3 Å². The van der Waals surface area contributed by atoms with E-state index < -0.39 is 0 Å². The molecule has 3 N–H and O–H groups in total. The summed E-state index contributed by atoms with van der Waals surface area (Å²) in [5, 5.41) is 7.89. The van der Waals surface area contributed by atoms with Crippen molar-refractivity contribution in [2.24, 2.45) is 5.92 Å². The van der Waals surface area contributed by atoms with Crippen molar-refractivity contribution in [3.8, 4) is 0 Å². The van der Waals surface area contributed by atoms with Crippen LogP contribution in [0.3, 0.4) is 0 Å². The molecule has 2 aliphatic rings. The van der Waals surface area contributed by atoms with Crippen LogP contribution >= 0.6 is 12.2 Å². The third kappa shape index (κ3) is 3.50. The molecule has 1 aromatic heterocycles. The lowest BCUT2D eigenvalue weighted by molar-refractivity contribution is 0.0975. The molecule has 1 aliphatic heterocycles. The first-order valence-corrected chi connectivity index (χ1v) is 10.9. The van der Waals surface area contributed by atoms with E-state index in [0.717, 1.165) is 25.9 Å². The van der Waals surface area contributed by atoms with Gasteiger partial charge in [0.1, 0.15) is 0 Å². The Morgan fingerprint density at radius 3 is 2.87 bits per heavy atom. The van der Waals surface area contributed by atoms with Gasteiger partial charge in [-0.2, -0.15) is 0 Å². The summed E-state index contributed by atoms with van der Waals surface area (Å²) < 4.78 is 0. The van der Waals surface area contributed by atoms with Crippen molar-refractivity contribution in [3.63, 3.8) is 0 Å². The molecule has 1 fully saturated rings. The molecule has 6 heteroatoms. The summed E-state index contributed by atoms with van der Waals surface area (Å²) in [6.45, 7) is 1.79.